The van der Waals surface area contributed by atoms with Crippen LogP contribution in [0.25, 0.3) is 0 Å². The van der Waals surface area contributed by atoms with Crippen LogP contribution in [0.1, 0.15) is 46.5 Å². The van der Waals surface area contributed by atoms with Crippen molar-refractivity contribution in [3.8, 4) is 0 Å². The van der Waals surface area contributed by atoms with Gasteiger partial charge in [-0.3, -0.25) is 0 Å². The maximum absolute atomic E-state index is 11.6. The minimum atomic E-state index is -0.234. The van der Waals surface area contributed by atoms with E-state index in [1.54, 1.807) is 13.0 Å². The minimum Gasteiger partial charge on any atom is -0.459 e. The zero-order valence-electron chi connectivity index (χ0n) is 12.0. The normalized spacial score (nSPS) is 23.6. The first-order valence-corrected chi connectivity index (χ1v) is 6.95. The Bertz CT molecular complexity index is 345. The van der Waals surface area contributed by atoms with E-state index in [9.17, 15) is 9.59 Å². The van der Waals surface area contributed by atoms with Crippen LogP contribution >= 0.6 is 0 Å². The summed E-state index contributed by atoms with van der Waals surface area (Å²) in [6, 6.07) is 0.0667. The van der Waals surface area contributed by atoms with Gasteiger partial charge in [0.2, 0.25) is 0 Å². The van der Waals surface area contributed by atoms with Crippen LogP contribution < -0.4 is 10.6 Å². The van der Waals surface area contributed by atoms with Crippen molar-refractivity contribution in [3.05, 3.63) is 11.6 Å². The first-order valence-electron chi connectivity index (χ1n) is 6.95. The van der Waals surface area contributed by atoms with E-state index in [4.69, 9.17) is 4.74 Å². The molecule has 1 aliphatic rings. The fraction of sp³-hybridized carbons (Fsp3) is 0.714. The molecule has 0 aromatic heterocycles. The highest BCUT2D eigenvalue weighted by atomic mass is 16.5. The van der Waals surface area contributed by atoms with Crippen LogP contribution in [0.2, 0.25) is 0 Å². The summed E-state index contributed by atoms with van der Waals surface area (Å²) in [4.78, 5) is 23.0. The molecule has 5 heteroatoms. The van der Waals surface area contributed by atoms with E-state index in [2.05, 4.69) is 10.6 Å². The number of nitrogens with one attached hydrogen (secondary N) is 2. The minimum absolute atomic E-state index is 0.0188. The molecule has 0 saturated heterocycles. The van der Waals surface area contributed by atoms with Crippen LogP contribution in [0, 0.1) is 0 Å². The van der Waals surface area contributed by atoms with Gasteiger partial charge >= 0.3 is 12.0 Å². The van der Waals surface area contributed by atoms with E-state index >= 15 is 0 Å². The highest BCUT2D eigenvalue weighted by molar-refractivity contribution is 5.87. The Balaban J connectivity index is 2.29. The van der Waals surface area contributed by atoms with Gasteiger partial charge in [-0.25, -0.2) is 9.59 Å². The summed E-state index contributed by atoms with van der Waals surface area (Å²) in [6.07, 6.45) is 5.05. The summed E-state index contributed by atoms with van der Waals surface area (Å²) >= 11 is 0. The molecule has 0 aromatic carbocycles. The van der Waals surface area contributed by atoms with Crippen molar-refractivity contribution in [1.82, 2.24) is 10.6 Å². The largest absolute Gasteiger partial charge is 0.459 e. The Morgan fingerprint density at radius 3 is 2.42 bits per heavy atom. The van der Waals surface area contributed by atoms with Crippen molar-refractivity contribution in [1.29, 1.82) is 0 Å². The lowest BCUT2D eigenvalue weighted by Gasteiger charge is -2.28. The maximum Gasteiger partial charge on any atom is 0.333 e. The molecule has 2 amide bonds. The lowest BCUT2D eigenvalue weighted by molar-refractivity contribution is -0.145. The molecule has 0 aliphatic heterocycles. The van der Waals surface area contributed by atoms with Crippen LogP contribution in [0.5, 0.6) is 0 Å². The van der Waals surface area contributed by atoms with Gasteiger partial charge < -0.3 is 15.4 Å². The Kier molecular flexibility index (Phi) is 6.39. The number of esters is 1. The number of hydrogen-bond donors (Lipinski definition) is 2. The Morgan fingerprint density at radius 2 is 1.89 bits per heavy atom. The van der Waals surface area contributed by atoms with Gasteiger partial charge in [0.15, 0.2) is 0 Å². The number of carbonyl (C=O) groups excluding carboxylic acids is 2. The number of carbonyl (C=O) groups is 2. The van der Waals surface area contributed by atoms with Crippen LogP contribution in [0.3, 0.4) is 0 Å². The summed E-state index contributed by atoms with van der Waals surface area (Å²) in [7, 11) is 0. The highest BCUT2D eigenvalue weighted by Crippen LogP contribution is 2.22. The molecule has 19 heavy (non-hydrogen) atoms. The maximum atomic E-state index is 11.6. The molecule has 1 saturated carbocycles. The van der Waals surface area contributed by atoms with Crippen molar-refractivity contribution in [3.63, 3.8) is 0 Å². The van der Waals surface area contributed by atoms with E-state index in [0.29, 0.717) is 12.1 Å². The second-order valence-electron chi connectivity index (χ2n) is 4.85. The average Bonchev–Trinajstić information content (AvgIpc) is 2.40. The van der Waals surface area contributed by atoms with Gasteiger partial charge in [0.05, 0.1) is 0 Å². The fourth-order valence-electron chi connectivity index (χ4n) is 2.08. The summed E-state index contributed by atoms with van der Waals surface area (Å²) in [5.74, 6) is -0.234. The quantitative estimate of drug-likeness (QED) is 0.606. The average molecular weight is 268 g/mol. The predicted octanol–water partition coefficient (Wildman–Crippen LogP) is 2.13. The van der Waals surface area contributed by atoms with Gasteiger partial charge in [0, 0.05) is 18.2 Å². The number of ether oxygens (including phenoxy) is 1. The molecule has 0 bridgehead atoms. The van der Waals surface area contributed by atoms with Crippen molar-refractivity contribution >= 4 is 12.0 Å². The Labute approximate surface area is 114 Å². The van der Waals surface area contributed by atoms with Crippen LogP contribution in [0.4, 0.5) is 4.79 Å². The van der Waals surface area contributed by atoms with Gasteiger partial charge in [-0.1, -0.05) is 6.08 Å². The van der Waals surface area contributed by atoms with Crippen molar-refractivity contribution < 1.29 is 14.3 Å². The first kappa shape index (κ1) is 15.5. The first-order chi connectivity index (χ1) is 9.06. The van der Waals surface area contributed by atoms with Gasteiger partial charge in [-0.2, -0.15) is 0 Å². The standard InChI is InChI=1S/C14H24N2O3/c1-4-10(3)13(17)19-12-8-6-11(7-9-12)16-14(18)15-5-2/h4,11-12H,5-9H2,1-3H3,(H2,15,16,18)/b10-4-. The van der Waals surface area contributed by atoms with Crippen LogP contribution in [0.15, 0.2) is 11.6 Å². The monoisotopic (exact) mass is 268 g/mol. The number of rotatable bonds is 4. The summed E-state index contributed by atoms with van der Waals surface area (Å²) in [6.45, 7) is 6.09. The predicted molar refractivity (Wildman–Crippen MR) is 73.8 cm³/mol. The molecular weight excluding hydrogens is 244 g/mol. The summed E-state index contributed by atoms with van der Waals surface area (Å²) in [5.41, 5.74) is 0.641. The number of hydrogen-bond acceptors (Lipinski definition) is 3. The zero-order chi connectivity index (χ0) is 14.3. The highest BCUT2D eigenvalue weighted by Gasteiger charge is 2.24. The second-order valence-corrected chi connectivity index (χ2v) is 4.85. The molecule has 0 aromatic rings. The van der Waals surface area contributed by atoms with E-state index in [1.165, 1.54) is 0 Å². The molecule has 1 rings (SSSR count). The zero-order valence-corrected chi connectivity index (χ0v) is 12.0. The number of amides is 2. The molecule has 0 radical (unpaired) electrons. The molecule has 0 heterocycles. The number of allylic oxidation sites excluding steroid dienone is 1. The third kappa shape index (κ3) is 5.32. The third-order valence-corrected chi connectivity index (χ3v) is 3.38. The van der Waals surface area contributed by atoms with E-state index in [1.807, 2.05) is 13.8 Å². The van der Waals surface area contributed by atoms with Crippen LogP contribution in [-0.2, 0) is 9.53 Å². The summed E-state index contributed by atoms with van der Waals surface area (Å²) in [5, 5.41) is 5.64. The van der Waals surface area contributed by atoms with E-state index < -0.39 is 0 Å². The lowest BCUT2D eigenvalue weighted by atomic mass is 9.93. The molecule has 108 valence electrons. The number of urea groups is 1. The smallest absolute Gasteiger partial charge is 0.333 e. The summed E-state index contributed by atoms with van der Waals surface area (Å²) < 4.78 is 5.41. The van der Waals surface area contributed by atoms with E-state index in [0.717, 1.165) is 25.7 Å². The third-order valence-electron chi connectivity index (χ3n) is 3.38. The van der Waals surface area contributed by atoms with Crippen molar-refractivity contribution in [2.24, 2.45) is 0 Å². The molecule has 2 N–H and O–H groups in total. The molecule has 0 atom stereocenters. The fourth-order valence-corrected chi connectivity index (χ4v) is 2.08. The van der Waals surface area contributed by atoms with Crippen molar-refractivity contribution in [2.75, 3.05) is 6.54 Å². The topological polar surface area (TPSA) is 67.4 Å². The van der Waals surface area contributed by atoms with Gasteiger partial charge in [0.25, 0.3) is 0 Å². The Morgan fingerprint density at radius 1 is 1.26 bits per heavy atom. The molecule has 0 unspecified atom stereocenters. The SMILES string of the molecule is C/C=C(/C)C(=O)OC1CCC(NC(=O)NCC)CC1. The molecular formula is C14H24N2O3. The second kappa shape index (κ2) is 7.81. The van der Waals surface area contributed by atoms with Crippen LogP contribution in [-0.4, -0.2) is 30.7 Å². The Hall–Kier alpha value is -1.52. The van der Waals surface area contributed by atoms with Crippen molar-refractivity contribution in [2.45, 2.75) is 58.6 Å². The molecule has 0 spiro atoms. The van der Waals surface area contributed by atoms with E-state index in [-0.39, 0.29) is 24.1 Å². The van der Waals surface area contributed by atoms with Gasteiger partial charge in [-0.15, -0.1) is 0 Å². The van der Waals surface area contributed by atoms with Gasteiger partial charge in [0.1, 0.15) is 6.10 Å². The lowest BCUT2D eigenvalue weighted by Crippen LogP contribution is -2.44. The molecule has 1 fully saturated rings. The van der Waals surface area contributed by atoms with Gasteiger partial charge in [-0.05, 0) is 46.5 Å². The molecule has 1 aliphatic carbocycles. The molecule has 5 nitrogen and oxygen atoms in total.